The van der Waals surface area contributed by atoms with Gasteiger partial charge >= 0.3 is 5.69 Å². The second kappa shape index (κ2) is 11.8. The minimum atomic E-state index is -4.00. The van der Waals surface area contributed by atoms with Crippen LogP contribution in [-0.4, -0.2) is 66.1 Å². The largest absolute Gasteiger partial charge is 0.486 e. The van der Waals surface area contributed by atoms with E-state index in [1.54, 1.807) is 35.0 Å². The standard InChI is InChI=1S/C23H18ClN9O5S2/c24-19-14-21(38-11-12-40(36,37)23-26-28-30-32(23)18-9-5-2-6-10-18)20(33(34)35)13-16(19)15-39-22-25-27-29-31(22)17-7-3-1-4-8-17/h1-10,13-14H,11-12,15H2. The number of nitrogens with zero attached hydrogens (tertiary/aromatic N) is 9. The fourth-order valence-corrected chi connectivity index (χ4v) is 5.79. The van der Waals surface area contributed by atoms with Gasteiger partial charge in [-0.15, -0.1) is 5.10 Å². The van der Waals surface area contributed by atoms with E-state index < -0.39 is 27.1 Å². The fraction of sp³-hybridized carbons (Fsp3) is 0.130. The topological polar surface area (TPSA) is 174 Å². The molecule has 0 bridgehead atoms. The average Bonchev–Trinajstić information content (AvgIpc) is 3.64. The molecular formula is C23H18ClN9O5S2. The molecule has 0 fully saturated rings. The van der Waals surface area contributed by atoms with Crippen molar-refractivity contribution >= 4 is 38.9 Å². The molecule has 204 valence electrons. The molecule has 0 radical (unpaired) electrons. The van der Waals surface area contributed by atoms with Gasteiger partial charge in [-0.25, -0.2) is 8.42 Å². The predicted molar refractivity (Wildman–Crippen MR) is 144 cm³/mol. The van der Waals surface area contributed by atoms with Crippen LogP contribution in [0.5, 0.6) is 5.75 Å². The maximum atomic E-state index is 12.9. The number of rotatable bonds is 11. The predicted octanol–water partition coefficient (Wildman–Crippen LogP) is 3.34. The lowest BCUT2D eigenvalue weighted by Gasteiger charge is -2.11. The number of nitro groups is 1. The molecule has 17 heteroatoms. The second-order valence-electron chi connectivity index (χ2n) is 8.04. The van der Waals surface area contributed by atoms with Gasteiger partial charge in [0.2, 0.25) is 15.0 Å². The molecule has 0 saturated heterocycles. The average molecular weight is 600 g/mol. The van der Waals surface area contributed by atoms with Crippen molar-refractivity contribution in [3.63, 3.8) is 0 Å². The van der Waals surface area contributed by atoms with Crippen molar-refractivity contribution < 1.29 is 18.1 Å². The molecule has 40 heavy (non-hydrogen) atoms. The van der Waals surface area contributed by atoms with Crippen LogP contribution in [0.4, 0.5) is 5.69 Å². The van der Waals surface area contributed by atoms with E-state index in [-0.39, 0.29) is 27.4 Å². The first kappa shape index (κ1) is 27.2. The summed E-state index contributed by atoms with van der Waals surface area (Å²) in [6.45, 7) is -0.402. The maximum Gasteiger partial charge on any atom is 0.311 e. The van der Waals surface area contributed by atoms with Crippen LogP contribution >= 0.6 is 23.4 Å². The van der Waals surface area contributed by atoms with Crippen molar-refractivity contribution in [2.24, 2.45) is 0 Å². The quantitative estimate of drug-likeness (QED) is 0.123. The van der Waals surface area contributed by atoms with E-state index in [2.05, 4.69) is 31.1 Å². The zero-order chi connectivity index (χ0) is 28.1. The van der Waals surface area contributed by atoms with Gasteiger partial charge in [0.1, 0.15) is 6.61 Å². The molecular weight excluding hydrogens is 582 g/mol. The van der Waals surface area contributed by atoms with Crippen molar-refractivity contribution in [2.75, 3.05) is 12.4 Å². The Hall–Kier alpha value is -4.41. The minimum absolute atomic E-state index is 0.171. The Morgan fingerprint density at radius 1 is 0.925 bits per heavy atom. The van der Waals surface area contributed by atoms with Crippen LogP contribution in [0.25, 0.3) is 11.4 Å². The van der Waals surface area contributed by atoms with Gasteiger partial charge in [0.15, 0.2) is 5.75 Å². The molecule has 0 aliphatic carbocycles. The molecule has 2 aromatic heterocycles. The Bertz CT molecular complexity index is 1750. The van der Waals surface area contributed by atoms with Gasteiger partial charge in [-0.1, -0.05) is 64.9 Å². The number of thioether (sulfide) groups is 1. The number of aromatic nitrogens is 8. The zero-order valence-corrected chi connectivity index (χ0v) is 22.7. The summed E-state index contributed by atoms with van der Waals surface area (Å²) >= 11 is 7.66. The third kappa shape index (κ3) is 5.93. The van der Waals surface area contributed by atoms with E-state index in [0.29, 0.717) is 16.4 Å². The van der Waals surface area contributed by atoms with Crippen LogP contribution in [0.2, 0.25) is 5.02 Å². The zero-order valence-electron chi connectivity index (χ0n) is 20.3. The lowest BCUT2D eigenvalue weighted by atomic mass is 10.2. The summed E-state index contributed by atoms with van der Waals surface area (Å²) in [5.74, 6) is -0.478. The highest BCUT2D eigenvalue weighted by atomic mass is 35.5. The summed E-state index contributed by atoms with van der Waals surface area (Å²) in [5.41, 5.74) is 1.29. The normalized spacial score (nSPS) is 11.4. The number of para-hydroxylation sites is 2. The Balaban J connectivity index is 1.29. The number of benzene rings is 3. The van der Waals surface area contributed by atoms with Crippen LogP contribution in [0.1, 0.15) is 5.56 Å². The number of hydrogen-bond acceptors (Lipinski definition) is 12. The van der Waals surface area contributed by atoms with Crippen molar-refractivity contribution in [1.82, 2.24) is 40.4 Å². The molecule has 0 amide bonds. The maximum absolute atomic E-state index is 12.9. The lowest BCUT2D eigenvalue weighted by molar-refractivity contribution is -0.385. The fourth-order valence-electron chi connectivity index (χ4n) is 3.55. The van der Waals surface area contributed by atoms with Gasteiger partial charge in [-0.2, -0.15) is 9.36 Å². The summed E-state index contributed by atoms with van der Waals surface area (Å²) in [4.78, 5) is 11.2. The van der Waals surface area contributed by atoms with Crippen LogP contribution in [-0.2, 0) is 15.6 Å². The molecule has 14 nitrogen and oxygen atoms in total. The molecule has 0 aliphatic heterocycles. The van der Waals surface area contributed by atoms with Gasteiger partial charge in [0.05, 0.1) is 22.1 Å². The van der Waals surface area contributed by atoms with Gasteiger partial charge < -0.3 is 4.74 Å². The Morgan fingerprint density at radius 2 is 1.55 bits per heavy atom. The molecule has 0 aliphatic rings. The third-order valence-electron chi connectivity index (χ3n) is 5.45. The number of tetrazole rings is 2. The first-order valence-electron chi connectivity index (χ1n) is 11.5. The summed E-state index contributed by atoms with van der Waals surface area (Å²) in [6.07, 6.45) is 0. The van der Waals surface area contributed by atoms with Crippen molar-refractivity contribution in [3.8, 4) is 17.1 Å². The van der Waals surface area contributed by atoms with Gasteiger partial charge in [-0.05, 0) is 50.7 Å². The summed E-state index contributed by atoms with van der Waals surface area (Å²) in [6, 6.07) is 20.3. The molecule has 2 heterocycles. The van der Waals surface area contributed by atoms with Crippen LogP contribution in [0.3, 0.4) is 0 Å². The summed E-state index contributed by atoms with van der Waals surface area (Å²) in [5, 5.41) is 34.6. The van der Waals surface area contributed by atoms with Gasteiger partial charge in [0.25, 0.3) is 5.16 Å². The molecule has 0 atom stereocenters. The first-order valence-corrected chi connectivity index (χ1v) is 14.5. The van der Waals surface area contributed by atoms with Gasteiger partial charge in [-0.3, -0.25) is 10.1 Å². The Kier molecular flexibility index (Phi) is 7.99. The van der Waals surface area contributed by atoms with Crippen molar-refractivity contribution in [3.05, 3.63) is 93.5 Å². The van der Waals surface area contributed by atoms with Crippen LogP contribution < -0.4 is 4.74 Å². The molecule has 5 rings (SSSR count). The van der Waals surface area contributed by atoms with E-state index in [0.717, 1.165) is 10.4 Å². The van der Waals surface area contributed by atoms with Crippen molar-refractivity contribution in [2.45, 2.75) is 16.1 Å². The molecule has 3 aromatic carbocycles. The van der Waals surface area contributed by atoms with Crippen LogP contribution in [0.15, 0.2) is 83.1 Å². The minimum Gasteiger partial charge on any atom is -0.486 e. The molecule has 0 saturated carbocycles. The number of sulfone groups is 1. The number of halogens is 1. The monoisotopic (exact) mass is 599 g/mol. The van der Waals surface area contributed by atoms with E-state index in [1.165, 1.54) is 23.9 Å². The second-order valence-corrected chi connectivity index (χ2v) is 11.4. The van der Waals surface area contributed by atoms with E-state index >= 15 is 0 Å². The molecule has 0 N–H and O–H groups in total. The number of hydrogen-bond donors (Lipinski definition) is 0. The SMILES string of the molecule is O=[N+]([O-])c1cc(CSc2nnnn2-c2ccccc2)c(Cl)cc1OCCS(=O)(=O)c1nnnn1-c1ccccc1. The number of nitro benzene ring substituents is 1. The highest BCUT2D eigenvalue weighted by Crippen LogP contribution is 2.36. The highest BCUT2D eigenvalue weighted by molar-refractivity contribution is 7.98. The Labute approximate surface area is 236 Å². The molecule has 0 spiro atoms. The summed E-state index contributed by atoms with van der Waals surface area (Å²) < 4.78 is 34.0. The molecule has 0 unspecified atom stereocenters. The summed E-state index contributed by atoms with van der Waals surface area (Å²) in [7, 11) is -4.00. The first-order chi connectivity index (χ1) is 19.3. The third-order valence-corrected chi connectivity index (χ3v) is 8.29. The number of ether oxygens (including phenoxy) is 1. The van der Waals surface area contributed by atoms with Crippen molar-refractivity contribution in [1.29, 1.82) is 0 Å². The Morgan fingerprint density at radius 3 is 2.23 bits per heavy atom. The van der Waals surface area contributed by atoms with E-state index in [4.69, 9.17) is 16.3 Å². The van der Waals surface area contributed by atoms with E-state index in [9.17, 15) is 18.5 Å². The van der Waals surface area contributed by atoms with Crippen LogP contribution in [0, 0.1) is 10.1 Å². The van der Waals surface area contributed by atoms with Gasteiger partial charge in [0, 0.05) is 22.9 Å². The molecule has 5 aromatic rings. The smallest absolute Gasteiger partial charge is 0.311 e. The highest BCUT2D eigenvalue weighted by Gasteiger charge is 2.26. The lowest BCUT2D eigenvalue weighted by Crippen LogP contribution is -2.19. The van der Waals surface area contributed by atoms with E-state index in [1.807, 2.05) is 30.3 Å².